The van der Waals surface area contributed by atoms with Gasteiger partial charge >= 0.3 is 5.97 Å². The molecular weight excluding hydrogens is 252 g/mol. The van der Waals surface area contributed by atoms with E-state index in [-0.39, 0.29) is 11.9 Å². The number of esters is 1. The third-order valence-electron chi connectivity index (χ3n) is 6.62. The van der Waals surface area contributed by atoms with E-state index in [1.54, 1.807) is 0 Å². The van der Waals surface area contributed by atoms with E-state index >= 15 is 0 Å². The Morgan fingerprint density at radius 3 is 2.40 bits per heavy atom. The second-order valence-electron chi connectivity index (χ2n) is 7.71. The monoisotopic (exact) mass is 278 g/mol. The van der Waals surface area contributed by atoms with Gasteiger partial charge in [0.05, 0.1) is 13.2 Å². The molecular formula is C17H26O3. The number of fused-ring (bicyclic) bond motifs is 1. The van der Waals surface area contributed by atoms with Crippen LogP contribution in [0, 0.1) is 28.6 Å². The molecule has 2 fully saturated rings. The molecule has 3 aliphatic rings. The first-order valence-corrected chi connectivity index (χ1v) is 7.77. The quantitative estimate of drug-likeness (QED) is 0.750. The topological polar surface area (TPSA) is 46.5 Å². The molecule has 0 aromatic rings. The van der Waals surface area contributed by atoms with E-state index < -0.39 is 11.5 Å². The van der Waals surface area contributed by atoms with Gasteiger partial charge in [0.25, 0.3) is 0 Å². The SMILES string of the molecule is COC(=O)C1=C2C[C@@H](C)C3(CC3)[C@@H](C)[C@@H]2[C@@H](O)C1(C)C. The molecule has 0 amide bonds. The Kier molecular flexibility index (Phi) is 2.89. The number of carbonyl (C=O) groups excluding carboxylic acids is 1. The summed E-state index contributed by atoms with van der Waals surface area (Å²) in [6, 6.07) is 0. The number of ether oxygens (including phenoxy) is 1. The lowest BCUT2D eigenvalue weighted by molar-refractivity contribution is -0.137. The van der Waals surface area contributed by atoms with Crippen LogP contribution in [0.4, 0.5) is 0 Å². The fourth-order valence-corrected chi connectivity index (χ4v) is 5.11. The Hall–Kier alpha value is -0.830. The lowest BCUT2D eigenvalue weighted by atomic mass is 9.62. The highest BCUT2D eigenvalue weighted by Gasteiger charge is 2.63. The lowest BCUT2D eigenvalue weighted by Gasteiger charge is -2.43. The first kappa shape index (κ1) is 14.1. The molecule has 3 heteroatoms. The molecule has 112 valence electrons. The summed E-state index contributed by atoms with van der Waals surface area (Å²) in [6.45, 7) is 8.53. The van der Waals surface area contributed by atoms with Crippen molar-refractivity contribution in [3.8, 4) is 0 Å². The summed E-state index contributed by atoms with van der Waals surface area (Å²) < 4.78 is 5.00. The molecule has 0 heterocycles. The van der Waals surface area contributed by atoms with Crippen molar-refractivity contribution in [3.05, 3.63) is 11.1 Å². The van der Waals surface area contributed by atoms with Gasteiger partial charge in [-0.1, -0.05) is 33.3 Å². The first-order chi connectivity index (χ1) is 9.27. The number of aliphatic hydroxyl groups is 1. The van der Waals surface area contributed by atoms with Crippen LogP contribution in [0.3, 0.4) is 0 Å². The summed E-state index contributed by atoms with van der Waals surface area (Å²) in [5.74, 6) is 0.942. The zero-order valence-corrected chi connectivity index (χ0v) is 13.2. The zero-order chi connectivity index (χ0) is 14.9. The summed E-state index contributed by atoms with van der Waals surface area (Å²) >= 11 is 0. The van der Waals surface area contributed by atoms with Crippen molar-refractivity contribution in [2.24, 2.45) is 28.6 Å². The van der Waals surface area contributed by atoms with Crippen LogP contribution >= 0.6 is 0 Å². The van der Waals surface area contributed by atoms with E-state index in [2.05, 4.69) is 13.8 Å². The van der Waals surface area contributed by atoms with Crippen LogP contribution in [0.2, 0.25) is 0 Å². The van der Waals surface area contributed by atoms with E-state index in [0.717, 1.165) is 12.0 Å². The van der Waals surface area contributed by atoms with Gasteiger partial charge in [-0.15, -0.1) is 0 Å². The third-order valence-corrected chi connectivity index (χ3v) is 6.62. The van der Waals surface area contributed by atoms with E-state index in [1.807, 2.05) is 13.8 Å². The molecule has 2 saturated carbocycles. The molecule has 0 saturated heterocycles. The molecule has 20 heavy (non-hydrogen) atoms. The molecule has 0 bridgehead atoms. The number of aliphatic hydroxyl groups excluding tert-OH is 1. The lowest BCUT2D eigenvalue weighted by Crippen LogP contribution is -2.41. The molecule has 4 atom stereocenters. The fourth-order valence-electron chi connectivity index (χ4n) is 5.11. The average molecular weight is 278 g/mol. The molecule has 3 rings (SSSR count). The number of carbonyl (C=O) groups is 1. The average Bonchev–Trinajstić information content (AvgIpc) is 3.14. The summed E-state index contributed by atoms with van der Waals surface area (Å²) in [5, 5.41) is 10.8. The van der Waals surface area contributed by atoms with Gasteiger partial charge in [-0.25, -0.2) is 4.79 Å². The van der Waals surface area contributed by atoms with Crippen molar-refractivity contribution in [1.82, 2.24) is 0 Å². The Morgan fingerprint density at radius 1 is 1.30 bits per heavy atom. The van der Waals surface area contributed by atoms with Gasteiger partial charge < -0.3 is 9.84 Å². The van der Waals surface area contributed by atoms with Gasteiger partial charge in [-0.05, 0) is 36.5 Å². The number of hydrogen-bond donors (Lipinski definition) is 1. The smallest absolute Gasteiger partial charge is 0.334 e. The Labute approximate surface area is 121 Å². The molecule has 1 N–H and O–H groups in total. The van der Waals surface area contributed by atoms with Crippen molar-refractivity contribution in [3.63, 3.8) is 0 Å². The minimum atomic E-state index is -0.499. The highest BCUT2D eigenvalue weighted by molar-refractivity contribution is 5.92. The van der Waals surface area contributed by atoms with Crippen LogP contribution in [-0.2, 0) is 9.53 Å². The zero-order valence-electron chi connectivity index (χ0n) is 13.2. The minimum Gasteiger partial charge on any atom is -0.466 e. The first-order valence-electron chi connectivity index (χ1n) is 7.77. The highest BCUT2D eigenvalue weighted by Crippen LogP contribution is 2.68. The molecule has 0 radical (unpaired) electrons. The third kappa shape index (κ3) is 1.53. The maximum Gasteiger partial charge on any atom is 0.334 e. The second-order valence-corrected chi connectivity index (χ2v) is 7.71. The normalized spacial score (nSPS) is 40.7. The summed E-state index contributed by atoms with van der Waals surface area (Å²) in [4.78, 5) is 12.2. The van der Waals surface area contributed by atoms with Crippen molar-refractivity contribution in [2.75, 3.05) is 7.11 Å². The van der Waals surface area contributed by atoms with Gasteiger partial charge in [0.2, 0.25) is 0 Å². The highest BCUT2D eigenvalue weighted by atomic mass is 16.5. The maximum absolute atomic E-state index is 12.2. The van der Waals surface area contributed by atoms with Crippen molar-refractivity contribution >= 4 is 5.97 Å². The number of methoxy groups -OCH3 is 1. The van der Waals surface area contributed by atoms with Crippen LogP contribution in [-0.4, -0.2) is 24.3 Å². The molecule has 0 aromatic heterocycles. The molecule has 0 aliphatic heterocycles. The molecule has 1 spiro atoms. The van der Waals surface area contributed by atoms with Gasteiger partial charge in [0.1, 0.15) is 0 Å². The standard InChI is InChI=1S/C17H26O3/c1-9-8-11-12(10(2)17(9)6-7-17)14(18)16(3,4)13(11)15(19)20-5/h9-10,12,14,18H,6-8H2,1-5H3/t9-,10+,12+,14-/m1/s1. The van der Waals surface area contributed by atoms with Crippen molar-refractivity contribution in [2.45, 2.75) is 53.1 Å². The Balaban J connectivity index is 2.10. The Morgan fingerprint density at radius 2 is 1.90 bits per heavy atom. The second kappa shape index (κ2) is 4.09. The van der Waals surface area contributed by atoms with Gasteiger partial charge in [-0.2, -0.15) is 0 Å². The van der Waals surface area contributed by atoms with Crippen LogP contribution in [0.1, 0.15) is 47.0 Å². The predicted octanol–water partition coefficient (Wildman–Crippen LogP) is 2.93. The van der Waals surface area contributed by atoms with Crippen LogP contribution in [0.5, 0.6) is 0 Å². The van der Waals surface area contributed by atoms with Gasteiger partial charge in [0, 0.05) is 16.9 Å². The fraction of sp³-hybridized carbons (Fsp3) is 0.824. The van der Waals surface area contributed by atoms with E-state index in [4.69, 9.17) is 4.74 Å². The maximum atomic E-state index is 12.2. The molecule has 3 nitrogen and oxygen atoms in total. The predicted molar refractivity (Wildman–Crippen MR) is 76.9 cm³/mol. The summed E-state index contributed by atoms with van der Waals surface area (Å²) in [6.07, 6.45) is 3.03. The van der Waals surface area contributed by atoms with Crippen molar-refractivity contribution < 1.29 is 14.6 Å². The summed E-state index contributed by atoms with van der Waals surface area (Å²) in [7, 11) is 1.43. The molecule has 0 aromatic carbocycles. The van der Waals surface area contributed by atoms with Crippen LogP contribution in [0.25, 0.3) is 0 Å². The molecule has 0 unspecified atom stereocenters. The van der Waals surface area contributed by atoms with Crippen LogP contribution in [0.15, 0.2) is 11.1 Å². The summed E-state index contributed by atoms with van der Waals surface area (Å²) in [5.41, 5.74) is 1.83. The van der Waals surface area contributed by atoms with Gasteiger partial charge in [0.15, 0.2) is 0 Å². The van der Waals surface area contributed by atoms with E-state index in [1.165, 1.54) is 25.5 Å². The number of rotatable bonds is 1. The van der Waals surface area contributed by atoms with E-state index in [0.29, 0.717) is 17.3 Å². The Bertz CT molecular complexity index is 484. The largest absolute Gasteiger partial charge is 0.466 e. The van der Waals surface area contributed by atoms with Crippen LogP contribution < -0.4 is 0 Å². The minimum absolute atomic E-state index is 0.137. The van der Waals surface area contributed by atoms with Gasteiger partial charge in [-0.3, -0.25) is 0 Å². The van der Waals surface area contributed by atoms with Crippen molar-refractivity contribution in [1.29, 1.82) is 0 Å². The van der Waals surface area contributed by atoms with E-state index in [9.17, 15) is 9.90 Å². The molecule has 3 aliphatic carbocycles. The number of hydrogen-bond acceptors (Lipinski definition) is 3.